The third-order valence-corrected chi connectivity index (χ3v) is 3.29. The standard InChI is InChI=1S/C18H16F3N3O2/c1-12(25)24-14-3-2-4-15(10-14)26-8-7-23-17-6-5-13(11-22)9-16(17)18(19,20)21/h2-6,9-10,23H,7-8H2,1H3,(H,24,25). The summed E-state index contributed by atoms with van der Waals surface area (Å²) >= 11 is 0. The fourth-order valence-corrected chi connectivity index (χ4v) is 2.22. The van der Waals surface area contributed by atoms with Crippen molar-refractivity contribution in [2.24, 2.45) is 0 Å². The number of halogens is 3. The number of nitrogens with one attached hydrogen (secondary N) is 2. The number of nitriles is 1. The molecule has 0 aliphatic carbocycles. The average Bonchev–Trinajstić information content (AvgIpc) is 2.57. The molecule has 0 atom stereocenters. The lowest BCUT2D eigenvalue weighted by Crippen LogP contribution is -2.16. The van der Waals surface area contributed by atoms with Gasteiger partial charge in [-0.15, -0.1) is 0 Å². The minimum absolute atomic E-state index is 0.0612. The van der Waals surface area contributed by atoms with Gasteiger partial charge in [0.15, 0.2) is 0 Å². The minimum Gasteiger partial charge on any atom is -0.492 e. The molecule has 0 fully saturated rings. The Morgan fingerprint density at radius 3 is 2.65 bits per heavy atom. The Kier molecular flexibility index (Phi) is 6.07. The van der Waals surface area contributed by atoms with Crippen LogP contribution in [0.5, 0.6) is 5.75 Å². The molecule has 0 saturated carbocycles. The number of anilines is 2. The summed E-state index contributed by atoms with van der Waals surface area (Å²) < 4.78 is 44.7. The molecule has 8 heteroatoms. The van der Waals surface area contributed by atoms with Gasteiger partial charge in [0, 0.05) is 30.9 Å². The Morgan fingerprint density at radius 1 is 1.23 bits per heavy atom. The van der Waals surface area contributed by atoms with Crippen molar-refractivity contribution in [1.29, 1.82) is 5.26 Å². The molecule has 0 heterocycles. The molecule has 1 amide bonds. The van der Waals surface area contributed by atoms with Gasteiger partial charge in [-0.2, -0.15) is 18.4 Å². The van der Waals surface area contributed by atoms with E-state index in [1.165, 1.54) is 19.1 Å². The summed E-state index contributed by atoms with van der Waals surface area (Å²) in [5.41, 5.74) is -0.514. The first-order chi connectivity index (χ1) is 12.3. The Hall–Kier alpha value is -3.21. The van der Waals surface area contributed by atoms with Crippen LogP contribution >= 0.6 is 0 Å². The van der Waals surface area contributed by atoms with Crippen molar-refractivity contribution in [3.63, 3.8) is 0 Å². The fraction of sp³-hybridized carbons (Fsp3) is 0.222. The van der Waals surface area contributed by atoms with Gasteiger partial charge in [0.2, 0.25) is 5.91 Å². The number of hydrogen-bond donors (Lipinski definition) is 2. The van der Waals surface area contributed by atoms with Gasteiger partial charge in [-0.25, -0.2) is 0 Å². The van der Waals surface area contributed by atoms with E-state index in [1.807, 2.05) is 0 Å². The van der Waals surface area contributed by atoms with Crippen molar-refractivity contribution in [3.05, 3.63) is 53.6 Å². The number of hydrogen-bond acceptors (Lipinski definition) is 4. The summed E-state index contributed by atoms with van der Waals surface area (Å²) in [4.78, 5) is 11.0. The third-order valence-electron chi connectivity index (χ3n) is 3.29. The van der Waals surface area contributed by atoms with Crippen molar-refractivity contribution >= 4 is 17.3 Å². The molecule has 0 saturated heterocycles. The highest BCUT2D eigenvalue weighted by Crippen LogP contribution is 2.35. The van der Waals surface area contributed by atoms with Gasteiger partial charge >= 0.3 is 6.18 Å². The van der Waals surface area contributed by atoms with Crippen LogP contribution in [0.15, 0.2) is 42.5 Å². The molecule has 0 aliphatic heterocycles. The van der Waals surface area contributed by atoms with E-state index in [2.05, 4.69) is 10.6 Å². The van der Waals surface area contributed by atoms with Gasteiger partial charge < -0.3 is 15.4 Å². The summed E-state index contributed by atoms with van der Waals surface area (Å²) in [6.45, 7) is 1.62. The highest BCUT2D eigenvalue weighted by molar-refractivity contribution is 5.88. The second-order valence-electron chi connectivity index (χ2n) is 5.35. The maximum absolute atomic E-state index is 13.1. The van der Waals surface area contributed by atoms with Crippen LogP contribution in [-0.4, -0.2) is 19.1 Å². The van der Waals surface area contributed by atoms with Crippen molar-refractivity contribution in [1.82, 2.24) is 0 Å². The fourth-order valence-electron chi connectivity index (χ4n) is 2.22. The Morgan fingerprint density at radius 2 is 2.00 bits per heavy atom. The van der Waals surface area contributed by atoms with Crippen molar-refractivity contribution in [2.45, 2.75) is 13.1 Å². The van der Waals surface area contributed by atoms with Crippen LogP contribution in [0.2, 0.25) is 0 Å². The summed E-state index contributed by atoms with van der Waals surface area (Å²) in [5.74, 6) is 0.262. The Bertz CT molecular complexity index is 829. The monoisotopic (exact) mass is 363 g/mol. The van der Waals surface area contributed by atoms with Crippen molar-refractivity contribution in [3.8, 4) is 11.8 Å². The summed E-state index contributed by atoms with van der Waals surface area (Å²) in [6, 6.07) is 11.7. The molecule has 2 N–H and O–H groups in total. The van der Waals surface area contributed by atoms with Gasteiger partial charge in [-0.3, -0.25) is 4.79 Å². The van der Waals surface area contributed by atoms with E-state index in [1.54, 1.807) is 30.3 Å². The molecule has 2 aromatic rings. The first kappa shape index (κ1) is 19.1. The predicted molar refractivity (Wildman–Crippen MR) is 90.9 cm³/mol. The topological polar surface area (TPSA) is 74.2 Å². The molecular formula is C18H16F3N3O2. The second kappa shape index (κ2) is 8.25. The van der Waals surface area contributed by atoms with Crippen LogP contribution in [0.25, 0.3) is 0 Å². The first-order valence-corrected chi connectivity index (χ1v) is 7.65. The first-order valence-electron chi connectivity index (χ1n) is 7.65. The van der Waals surface area contributed by atoms with Gasteiger partial charge in [-0.1, -0.05) is 6.07 Å². The smallest absolute Gasteiger partial charge is 0.418 e. The third kappa shape index (κ3) is 5.41. The van der Waals surface area contributed by atoms with Crippen molar-refractivity contribution < 1.29 is 22.7 Å². The van der Waals surface area contributed by atoms with Gasteiger partial charge in [0.25, 0.3) is 0 Å². The van der Waals surface area contributed by atoms with Crippen LogP contribution in [-0.2, 0) is 11.0 Å². The van der Waals surface area contributed by atoms with Gasteiger partial charge in [0.05, 0.1) is 17.2 Å². The van der Waals surface area contributed by atoms with E-state index in [4.69, 9.17) is 10.00 Å². The van der Waals surface area contributed by atoms with E-state index in [9.17, 15) is 18.0 Å². The lowest BCUT2D eigenvalue weighted by Gasteiger charge is -2.15. The van der Waals surface area contributed by atoms with E-state index in [-0.39, 0.29) is 30.3 Å². The van der Waals surface area contributed by atoms with Crippen LogP contribution in [0.4, 0.5) is 24.5 Å². The van der Waals surface area contributed by atoms with Crippen LogP contribution < -0.4 is 15.4 Å². The van der Waals surface area contributed by atoms with Crippen LogP contribution in [0.3, 0.4) is 0 Å². The zero-order valence-corrected chi connectivity index (χ0v) is 13.9. The molecule has 26 heavy (non-hydrogen) atoms. The van der Waals surface area contributed by atoms with Gasteiger partial charge in [-0.05, 0) is 30.3 Å². The highest BCUT2D eigenvalue weighted by Gasteiger charge is 2.33. The highest BCUT2D eigenvalue weighted by atomic mass is 19.4. The molecule has 0 spiro atoms. The molecule has 136 valence electrons. The lowest BCUT2D eigenvalue weighted by molar-refractivity contribution is -0.137. The Labute approximate surface area is 148 Å². The number of alkyl halides is 3. The molecular weight excluding hydrogens is 347 g/mol. The van der Waals surface area contributed by atoms with E-state index in [0.717, 1.165) is 6.07 Å². The zero-order chi connectivity index (χ0) is 19.2. The maximum Gasteiger partial charge on any atom is 0.418 e. The van der Waals surface area contributed by atoms with E-state index >= 15 is 0 Å². The predicted octanol–water partition coefficient (Wildman–Crippen LogP) is 4.03. The summed E-state index contributed by atoms with van der Waals surface area (Å²) in [6.07, 6.45) is -4.57. The molecule has 0 radical (unpaired) electrons. The van der Waals surface area contributed by atoms with E-state index in [0.29, 0.717) is 11.4 Å². The quantitative estimate of drug-likeness (QED) is 0.760. The van der Waals surface area contributed by atoms with Crippen LogP contribution in [0.1, 0.15) is 18.1 Å². The number of benzene rings is 2. The number of carbonyl (C=O) groups is 1. The Balaban J connectivity index is 1.96. The number of rotatable bonds is 6. The SMILES string of the molecule is CC(=O)Nc1cccc(OCCNc2ccc(C#N)cc2C(F)(F)F)c1. The minimum atomic E-state index is -4.57. The summed E-state index contributed by atoms with van der Waals surface area (Å²) in [5, 5.41) is 14.0. The number of amides is 1. The molecule has 0 aliphatic rings. The largest absolute Gasteiger partial charge is 0.492 e. The van der Waals surface area contributed by atoms with Crippen molar-refractivity contribution in [2.75, 3.05) is 23.8 Å². The second-order valence-corrected chi connectivity index (χ2v) is 5.35. The van der Waals surface area contributed by atoms with Crippen LogP contribution in [0, 0.1) is 11.3 Å². The zero-order valence-electron chi connectivity index (χ0n) is 13.9. The number of carbonyl (C=O) groups excluding carboxylic acids is 1. The number of ether oxygens (including phenoxy) is 1. The molecule has 2 rings (SSSR count). The van der Waals surface area contributed by atoms with Gasteiger partial charge in [0.1, 0.15) is 12.4 Å². The molecule has 0 aromatic heterocycles. The molecule has 0 unspecified atom stereocenters. The van der Waals surface area contributed by atoms with E-state index < -0.39 is 11.7 Å². The molecule has 5 nitrogen and oxygen atoms in total. The maximum atomic E-state index is 13.1. The number of nitrogens with zero attached hydrogens (tertiary/aromatic N) is 1. The molecule has 2 aromatic carbocycles. The molecule has 0 bridgehead atoms. The summed E-state index contributed by atoms with van der Waals surface area (Å²) in [7, 11) is 0. The average molecular weight is 363 g/mol. The lowest BCUT2D eigenvalue weighted by atomic mass is 10.1. The normalized spacial score (nSPS) is 10.7.